The molecule has 0 fully saturated rings. The van der Waals surface area contributed by atoms with Crippen molar-refractivity contribution in [2.24, 2.45) is 5.73 Å². The lowest BCUT2D eigenvalue weighted by molar-refractivity contribution is -0.121. The number of halogens is 1. The Hall–Kier alpha value is -0.655. The van der Waals surface area contributed by atoms with Gasteiger partial charge in [-0.25, -0.2) is 5.48 Å². The van der Waals surface area contributed by atoms with E-state index in [1.807, 2.05) is 0 Å². The molecule has 7 heteroatoms. The Morgan fingerprint density at radius 2 is 2.45 bits per heavy atom. The molecule has 11 heavy (non-hydrogen) atoms. The second-order valence-electron chi connectivity index (χ2n) is 1.71. The Kier molecular flexibility index (Phi) is 7.01. The van der Waals surface area contributed by atoms with Gasteiger partial charge in [0.25, 0.3) is 0 Å². The zero-order valence-electron chi connectivity index (χ0n) is 6.10. The van der Waals surface area contributed by atoms with E-state index in [0.717, 1.165) is 0 Å². The van der Waals surface area contributed by atoms with Gasteiger partial charge in [0.1, 0.15) is 0 Å². The fourth-order valence-electron chi connectivity index (χ4n) is 0.429. The number of nitrogens with two attached hydrogens (primary N) is 1. The molecule has 4 N–H and O–H groups in total. The number of rotatable bonds is 6. The molecule has 0 aliphatic heterocycles. The second kappa shape index (κ2) is 7.45. The summed E-state index contributed by atoms with van der Waals surface area (Å²) in [6.45, 7) is 0.732. The van der Waals surface area contributed by atoms with Crippen molar-refractivity contribution in [2.75, 3.05) is 19.6 Å². The molecule has 0 spiro atoms. The molecule has 0 aliphatic rings. The second-order valence-corrected chi connectivity index (χ2v) is 1.71. The van der Waals surface area contributed by atoms with Gasteiger partial charge in [0.2, 0.25) is 5.91 Å². The first kappa shape index (κ1) is 10.3. The van der Waals surface area contributed by atoms with E-state index in [1.54, 1.807) is 0 Å². The molecule has 0 aromatic heterocycles. The van der Waals surface area contributed by atoms with Gasteiger partial charge in [0, 0.05) is 13.1 Å². The molecule has 0 aromatic carbocycles. The van der Waals surface area contributed by atoms with Gasteiger partial charge in [-0.3, -0.25) is 9.11 Å². The Morgan fingerprint density at radius 1 is 1.73 bits per heavy atom. The largest absolute Gasteiger partial charge is 0.498 e. The summed E-state index contributed by atoms with van der Waals surface area (Å²) in [5.74, 6) is -0.274. The first-order valence-corrected chi connectivity index (χ1v) is 3.18. The van der Waals surface area contributed by atoms with E-state index in [9.17, 15) is 9.11 Å². The fourth-order valence-corrected chi connectivity index (χ4v) is 0.429. The average molecular weight is 163 g/mol. The molecule has 0 unspecified atom stereocenters. The van der Waals surface area contributed by atoms with Crippen molar-refractivity contribution < 1.29 is 13.9 Å². The van der Waals surface area contributed by atoms with Gasteiger partial charge in [-0.15, -0.1) is 0 Å². The zero-order valence-corrected chi connectivity index (χ0v) is 6.10. The number of carbonyl (C=O) groups is 1. The topological polar surface area (TPSA) is 76.4 Å². The maximum Gasteiger partial charge on any atom is 0.498 e. The Morgan fingerprint density at radius 3 is 3.00 bits per heavy atom. The van der Waals surface area contributed by atoms with Crippen LogP contribution in [0.1, 0.15) is 0 Å². The summed E-state index contributed by atoms with van der Waals surface area (Å²) in [5.41, 5.74) is 7.22. The average Bonchev–Trinajstić information content (AvgIpc) is 2.01. The highest BCUT2D eigenvalue weighted by atomic mass is 19.1. The molecule has 64 valence electrons. The number of hydrogen-bond acceptors (Lipinski definition) is 4. The van der Waals surface area contributed by atoms with Crippen LogP contribution in [0.4, 0.5) is 4.32 Å². The van der Waals surface area contributed by atoms with Gasteiger partial charge in [0.05, 0.1) is 6.54 Å². The number of amides is 1. The molecular weight excluding hydrogens is 152 g/mol. The Bertz CT molecular complexity index is 116. The van der Waals surface area contributed by atoms with Crippen LogP contribution in [-0.2, 0) is 9.55 Å². The highest BCUT2D eigenvalue weighted by molar-refractivity contribution is 6.16. The van der Waals surface area contributed by atoms with E-state index in [2.05, 4.69) is 15.6 Å². The SMILES string of the molecule is NCCNC(=O)CNOBF. The zero-order chi connectivity index (χ0) is 8.53. The summed E-state index contributed by atoms with van der Waals surface area (Å²) in [6.07, 6.45) is 0. The van der Waals surface area contributed by atoms with Crippen molar-refractivity contribution in [3.63, 3.8) is 0 Å². The molecule has 0 saturated carbocycles. The normalized spacial score (nSPS) is 9.27. The van der Waals surface area contributed by atoms with E-state index in [1.165, 1.54) is 0 Å². The highest BCUT2D eigenvalue weighted by Crippen LogP contribution is 1.65. The lowest BCUT2D eigenvalue weighted by atomic mass is 10.5. The van der Waals surface area contributed by atoms with Crippen molar-refractivity contribution in [3.05, 3.63) is 0 Å². The molecule has 0 atom stereocenters. The van der Waals surface area contributed by atoms with Crippen molar-refractivity contribution in [1.82, 2.24) is 10.8 Å². The minimum Gasteiger partial charge on any atom is -0.354 e. The smallest absolute Gasteiger partial charge is 0.354 e. The molecule has 1 amide bonds. The maximum absolute atomic E-state index is 11.3. The van der Waals surface area contributed by atoms with Gasteiger partial charge in [-0.05, 0) is 0 Å². The third-order valence-corrected chi connectivity index (χ3v) is 0.856. The van der Waals surface area contributed by atoms with Gasteiger partial charge in [-0.1, -0.05) is 0 Å². The van der Waals surface area contributed by atoms with Crippen LogP contribution in [0.5, 0.6) is 0 Å². The van der Waals surface area contributed by atoms with Crippen LogP contribution in [0.3, 0.4) is 0 Å². The number of hydrogen-bond donors (Lipinski definition) is 3. The first-order valence-electron chi connectivity index (χ1n) is 3.18. The van der Waals surface area contributed by atoms with E-state index >= 15 is 0 Å². The van der Waals surface area contributed by atoms with Crippen LogP contribution >= 0.6 is 0 Å². The lowest BCUT2D eigenvalue weighted by Crippen LogP contribution is -2.36. The predicted octanol–water partition coefficient (Wildman–Crippen LogP) is -2.18. The Balaban J connectivity index is 3.09. The third-order valence-electron chi connectivity index (χ3n) is 0.856. The van der Waals surface area contributed by atoms with Crippen LogP contribution < -0.4 is 16.5 Å². The van der Waals surface area contributed by atoms with Gasteiger partial charge >= 0.3 is 7.76 Å². The molecule has 0 heterocycles. The molecule has 0 saturated heterocycles. The monoisotopic (exact) mass is 163 g/mol. The minimum absolute atomic E-state index is 0.0656. The third kappa shape index (κ3) is 7.24. The Labute approximate surface area is 64.7 Å². The van der Waals surface area contributed by atoms with Crippen LogP contribution in [0.15, 0.2) is 0 Å². The van der Waals surface area contributed by atoms with Crippen molar-refractivity contribution in [3.8, 4) is 0 Å². The van der Waals surface area contributed by atoms with E-state index in [0.29, 0.717) is 13.1 Å². The summed E-state index contributed by atoms with van der Waals surface area (Å²) in [4.78, 5) is 10.6. The molecule has 0 bridgehead atoms. The summed E-state index contributed by atoms with van der Waals surface area (Å²) < 4.78 is 15.3. The van der Waals surface area contributed by atoms with E-state index < -0.39 is 7.76 Å². The molecule has 0 aliphatic carbocycles. The summed E-state index contributed by atoms with van der Waals surface area (Å²) in [7, 11) is -0.954. The molecule has 5 nitrogen and oxygen atoms in total. The molecule has 0 rings (SSSR count). The maximum atomic E-state index is 11.3. The van der Waals surface area contributed by atoms with E-state index in [4.69, 9.17) is 5.73 Å². The van der Waals surface area contributed by atoms with Crippen molar-refractivity contribution >= 4 is 13.7 Å². The standard InChI is InChI=1S/C4H11BFN3O2/c6-5-11-9-3-4(10)8-2-1-7/h5,9H,1-3,7H2,(H,8,10). The number of hydroxylamine groups is 1. The molecule has 0 aromatic rings. The summed E-state index contributed by atoms with van der Waals surface area (Å²) in [5, 5.41) is 2.46. The molecular formula is C4H11BFN3O2. The quantitative estimate of drug-likeness (QED) is 0.236. The van der Waals surface area contributed by atoms with E-state index in [-0.39, 0.29) is 12.5 Å². The van der Waals surface area contributed by atoms with Crippen LogP contribution in [0.2, 0.25) is 0 Å². The fraction of sp³-hybridized carbons (Fsp3) is 0.750. The molecule has 0 radical (unpaired) electrons. The van der Waals surface area contributed by atoms with Crippen LogP contribution in [0, 0.1) is 0 Å². The minimum atomic E-state index is -0.954. The van der Waals surface area contributed by atoms with Crippen LogP contribution in [-0.4, -0.2) is 33.3 Å². The predicted molar refractivity (Wildman–Crippen MR) is 39.4 cm³/mol. The van der Waals surface area contributed by atoms with Crippen molar-refractivity contribution in [1.29, 1.82) is 0 Å². The summed E-state index contributed by atoms with van der Waals surface area (Å²) >= 11 is 0. The lowest BCUT2D eigenvalue weighted by Gasteiger charge is -2.02. The van der Waals surface area contributed by atoms with Gasteiger partial charge in [-0.2, -0.15) is 0 Å². The first-order chi connectivity index (χ1) is 5.31. The highest BCUT2D eigenvalue weighted by Gasteiger charge is 1.97. The summed E-state index contributed by atoms with van der Waals surface area (Å²) in [6, 6.07) is 0. The van der Waals surface area contributed by atoms with Crippen LogP contribution in [0.25, 0.3) is 0 Å². The van der Waals surface area contributed by atoms with Gasteiger partial charge < -0.3 is 15.8 Å². The number of nitrogens with one attached hydrogen (secondary N) is 2. The van der Waals surface area contributed by atoms with Gasteiger partial charge in [0.15, 0.2) is 0 Å². The van der Waals surface area contributed by atoms with Crippen molar-refractivity contribution in [2.45, 2.75) is 0 Å². The number of carbonyl (C=O) groups excluding carboxylic acids is 1.